The van der Waals surface area contributed by atoms with Crippen LogP contribution in [0.4, 0.5) is 5.69 Å². The SMILES string of the molecule is C[C@@]1(NC(=O)[C@H]2CC(=O)N(c3cccc(Br)c3)C2)CCS(=O)(=O)C1. The maximum absolute atomic E-state index is 12.5. The molecule has 0 aliphatic carbocycles. The van der Waals surface area contributed by atoms with E-state index in [9.17, 15) is 18.0 Å². The van der Waals surface area contributed by atoms with Crippen LogP contribution in [-0.2, 0) is 19.4 Å². The van der Waals surface area contributed by atoms with Crippen LogP contribution in [0, 0.1) is 5.92 Å². The van der Waals surface area contributed by atoms with Crippen LogP contribution in [0.1, 0.15) is 19.8 Å². The zero-order valence-corrected chi connectivity index (χ0v) is 15.7. The molecule has 1 N–H and O–H groups in total. The van der Waals surface area contributed by atoms with Gasteiger partial charge in [0.25, 0.3) is 0 Å². The predicted molar refractivity (Wildman–Crippen MR) is 94.4 cm³/mol. The van der Waals surface area contributed by atoms with Crippen LogP contribution in [0.15, 0.2) is 28.7 Å². The molecule has 0 spiro atoms. The second-order valence-electron chi connectivity index (χ2n) is 6.78. The molecule has 6 nitrogen and oxygen atoms in total. The van der Waals surface area contributed by atoms with Crippen molar-refractivity contribution in [1.29, 1.82) is 0 Å². The lowest BCUT2D eigenvalue weighted by Crippen LogP contribution is -2.49. The number of nitrogens with zero attached hydrogens (tertiary/aromatic N) is 1. The Kier molecular flexibility index (Phi) is 4.46. The van der Waals surface area contributed by atoms with Crippen molar-refractivity contribution in [2.24, 2.45) is 5.92 Å². The molecule has 0 bridgehead atoms. The van der Waals surface area contributed by atoms with E-state index < -0.39 is 21.3 Å². The van der Waals surface area contributed by atoms with E-state index in [0.29, 0.717) is 13.0 Å². The highest BCUT2D eigenvalue weighted by molar-refractivity contribution is 9.10. The number of hydrogen-bond donors (Lipinski definition) is 1. The average molecular weight is 415 g/mol. The Hall–Kier alpha value is -1.41. The Morgan fingerprint density at radius 1 is 1.42 bits per heavy atom. The summed E-state index contributed by atoms with van der Waals surface area (Å²) in [5, 5.41) is 2.85. The molecule has 2 heterocycles. The number of amides is 2. The number of halogens is 1. The molecule has 130 valence electrons. The number of benzene rings is 1. The number of hydrogen-bond acceptors (Lipinski definition) is 4. The van der Waals surface area contributed by atoms with E-state index in [1.165, 1.54) is 0 Å². The van der Waals surface area contributed by atoms with Crippen molar-refractivity contribution < 1.29 is 18.0 Å². The molecule has 0 aromatic heterocycles. The van der Waals surface area contributed by atoms with Crippen molar-refractivity contribution in [1.82, 2.24) is 5.32 Å². The molecule has 2 atom stereocenters. The molecule has 2 fully saturated rings. The molecule has 1 aromatic rings. The van der Waals surface area contributed by atoms with Gasteiger partial charge < -0.3 is 10.2 Å². The zero-order chi connectivity index (χ0) is 17.5. The first kappa shape index (κ1) is 17.4. The first-order valence-electron chi connectivity index (χ1n) is 7.76. The molecule has 2 aliphatic rings. The van der Waals surface area contributed by atoms with Crippen LogP contribution in [-0.4, -0.2) is 43.8 Å². The second kappa shape index (κ2) is 6.15. The largest absolute Gasteiger partial charge is 0.350 e. The second-order valence-corrected chi connectivity index (χ2v) is 9.88. The minimum Gasteiger partial charge on any atom is -0.350 e. The molecule has 1 aromatic carbocycles. The quantitative estimate of drug-likeness (QED) is 0.811. The van der Waals surface area contributed by atoms with Crippen molar-refractivity contribution in [3.05, 3.63) is 28.7 Å². The third-order valence-electron chi connectivity index (χ3n) is 4.54. The first-order valence-corrected chi connectivity index (χ1v) is 10.4. The van der Waals surface area contributed by atoms with Crippen molar-refractivity contribution >= 4 is 43.3 Å². The fourth-order valence-electron chi connectivity index (χ4n) is 3.29. The van der Waals surface area contributed by atoms with Crippen LogP contribution in [0.25, 0.3) is 0 Å². The topological polar surface area (TPSA) is 83.6 Å². The van der Waals surface area contributed by atoms with Crippen molar-refractivity contribution in [2.45, 2.75) is 25.3 Å². The van der Waals surface area contributed by atoms with Crippen LogP contribution >= 0.6 is 15.9 Å². The molecule has 24 heavy (non-hydrogen) atoms. The summed E-state index contributed by atoms with van der Waals surface area (Å²) in [5.74, 6) is -0.756. The Morgan fingerprint density at radius 2 is 2.17 bits per heavy atom. The summed E-state index contributed by atoms with van der Waals surface area (Å²) >= 11 is 3.38. The monoisotopic (exact) mass is 414 g/mol. The molecule has 0 saturated carbocycles. The van der Waals surface area contributed by atoms with Gasteiger partial charge in [0.1, 0.15) is 0 Å². The minimum absolute atomic E-state index is 0.0399. The van der Waals surface area contributed by atoms with Gasteiger partial charge in [-0.1, -0.05) is 22.0 Å². The van der Waals surface area contributed by atoms with Crippen LogP contribution in [0.5, 0.6) is 0 Å². The molecule has 2 saturated heterocycles. The molecule has 0 unspecified atom stereocenters. The Balaban J connectivity index is 1.68. The molecular formula is C16H19BrN2O4S. The van der Waals surface area contributed by atoms with Gasteiger partial charge in [0, 0.05) is 23.1 Å². The highest BCUT2D eigenvalue weighted by Gasteiger charge is 2.42. The Bertz CT molecular complexity index is 795. The number of rotatable bonds is 3. The number of nitrogens with one attached hydrogen (secondary N) is 1. The van der Waals surface area contributed by atoms with E-state index in [2.05, 4.69) is 21.2 Å². The number of anilines is 1. The number of carbonyl (C=O) groups is 2. The van der Waals surface area contributed by atoms with Gasteiger partial charge in [-0.3, -0.25) is 9.59 Å². The fourth-order valence-corrected chi connectivity index (χ4v) is 5.77. The van der Waals surface area contributed by atoms with Crippen molar-refractivity contribution in [2.75, 3.05) is 23.0 Å². The van der Waals surface area contributed by atoms with Gasteiger partial charge in [0.05, 0.1) is 23.0 Å². The van der Waals surface area contributed by atoms with Crippen LogP contribution in [0.3, 0.4) is 0 Å². The maximum atomic E-state index is 12.5. The summed E-state index contributed by atoms with van der Waals surface area (Å²) in [6, 6.07) is 7.37. The third kappa shape index (κ3) is 3.64. The van der Waals surface area contributed by atoms with Gasteiger partial charge in [-0.15, -0.1) is 0 Å². The summed E-state index contributed by atoms with van der Waals surface area (Å²) in [6.45, 7) is 2.06. The summed E-state index contributed by atoms with van der Waals surface area (Å²) in [5.41, 5.74) is 0.0154. The van der Waals surface area contributed by atoms with Crippen molar-refractivity contribution in [3.63, 3.8) is 0 Å². The molecule has 2 aliphatic heterocycles. The molecule has 3 rings (SSSR count). The molecule has 0 radical (unpaired) electrons. The van der Waals surface area contributed by atoms with E-state index in [-0.39, 0.29) is 29.7 Å². The number of carbonyl (C=O) groups excluding carboxylic acids is 2. The van der Waals surface area contributed by atoms with Crippen molar-refractivity contribution in [3.8, 4) is 0 Å². The lowest BCUT2D eigenvalue weighted by atomic mass is 9.99. The Morgan fingerprint density at radius 3 is 2.79 bits per heavy atom. The number of sulfone groups is 1. The smallest absolute Gasteiger partial charge is 0.227 e. The van der Waals surface area contributed by atoms with Gasteiger partial charge in [-0.2, -0.15) is 0 Å². The lowest BCUT2D eigenvalue weighted by Gasteiger charge is -2.25. The standard InChI is InChI=1S/C16H19BrN2O4S/c1-16(5-6-24(22,23)10-16)18-15(21)11-7-14(20)19(9-11)13-4-2-3-12(17)8-13/h2-4,8,11H,5-7,9-10H2,1H3,(H,18,21)/t11-,16+/m0/s1. The molecule has 8 heteroatoms. The van der Waals surface area contributed by atoms with E-state index in [4.69, 9.17) is 0 Å². The Labute approximate surface area is 149 Å². The summed E-state index contributed by atoms with van der Waals surface area (Å²) in [7, 11) is -3.09. The summed E-state index contributed by atoms with van der Waals surface area (Å²) in [4.78, 5) is 26.4. The minimum atomic E-state index is -3.09. The summed E-state index contributed by atoms with van der Waals surface area (Å²) < 4.78 is 24.2. The fraction of sp³-hybridized carbons (Fsp3) is 0.500. The van der Waals surface area contributed by atoms with Gasteiger partial charge >= 0.3 is 0 Å². The highest BCUT2D eigenvalue weighted by Crippen LogP contribution is 2.29. The molecule has 2 amide bonds. The van der Waals surface area contributed by atoms with Gasteiger partial charge in [0.2, 0.25) is 11.8 Å². The normalized spacial score (nSPS) is 29.0. The maximum Gasteiger partial charge on any atom is 0.227 e. The van der Waals surface area contributed by atoms with Crippen LogP contribution < -0.4 is 10.2 Å². The van der Waals surface area contributed by atoms with Gasteiger partial charge in [-0.25, -0.2) is 8.42 Å². The van der Waals surface area contributed by atoms with E-state index in [1.807, 2.05) is 24.3 Å². The molecular weight excluding hydrogens is 396 g/mol. The predicted octanol–water partition coefficient (Wildman–Crippen LogP) is 1.50. The van der Waals surface area contributed by atoms with E-state index >= 15 is 0 Å². The van der Waals surface area contributed by atoms with Gasteiger partial charge in [0.15, 0.2) is 9.84 Å². The zero-order valence-electron chi connectivity index (χ0n) is 13.3. The van der Waals surface area contributed by atoms with Gasteiger partial charge in [-0.05, 0) is 31.5 Å². The first-order chi connectivity index (χ1) is 11.2. The lowest BCUT2D eigenvalue weighted by molar-refractivity contribution is -0.127. The van der Waals surface area contributed by atoms with E-state index in [1.54, 1.807) is 11.8 Å². The van der Waals surface area contributed by atoms with Crippen LogP contribution in [0.2, 0.25) is 0 Å². The third-order valence-corrected chi connectivity index (χ3v) is 6.94. The average Bonchev–Trinajstić information content (AvgIpc) is 2.99. The highest BCUT2D eigenvalue weighted by atomic mass is 79.9. The van der Waals surface area contributed by atoms with E-state index in [0.717, 1.165) is 10.2 Å². The summed E-state index contributed by atoms with van der Waals surface area (Å²) in [6.07, 6.45) is 0.554.